The van der Waals surface area contributed by atoms with Crippen molar-refractivity contribution in [3.63, 3.8) is 0 Å². The Bertz CT molecular complexity index is 655. The zero-order chi connectivity index (χ0) is 19.9. The van der Waals surface area contributed by atoms with Crippen LogP contribution in [0.1, 0.15) is 23.4 Å². The van der Waals surface area contributed by atoms with E-state index in [-0.39, 0.29) is 17.7 Å². The van der Waals surface area contributed by atoms with E-state index in [9.17, 15) is 9.59 Å². The van der Waals surface area contributed by atoms with Crippen LogP contribution in [0.25, 0.3) is 0 Å². The molecule has 8 nitrogen and oxygen atoms in total. The number of rotatable bonds is 7. The van der Waals surface area contributed by atoms with Gasteiger partial charge in [-0.3, -0.25) is 19.4 Å². The van der Waals surface area contributed by atoms with Crippen molar-refractivity contribution in [1.82, 2.24) is 20.1 Å². The fraction of sp³-hybridized carbons (Fsp3) is 0.737. The van der Waals surface area contributed by atoms with Gasteiger partial charge in [0.1, 0.15) is 0 Å². The highest BCUT2D eigenvalue weighted by Gasteiger charge is 2.27. The number of thiazole rings is 1. The number of piperidine rings is 1. The van der Waals surface area contributed by atoms with Crippen molar-refractivity contribution in [2.45, 2.75) is 26.7 Å². The third-order valence-corrected chi connectivity index (χ3v) is 6.34. The lowest BCUT2D eigenvalue weighted by molar-refractivity contribution is -0.128. The summed E-state index contributed by atoms with van der Waals surface area (Å²) in [6, 6.07) is 0. The zero-order valence-electron chi connectivity index (χ0n) is 16.8. The van der Waals surface area contributed by atoms with Gasteiger partial charge in [-0.1, -0.05) is 0 Å². The first-order valence-corrected chi connectivity index (χ1v) is 10.9. The average Bonchev–Trinajstić information content (AvgIpc) is 2.99. The first-order chi connectivity index (χ1) is 13.5. The van der Waals surface area contributed by atoms with Crippen LogP contribution in [0, 0.1) is 19.8 Å². The van der Waals surface area contributed by atoms with Gasteiger partial charge in [-0.25, -0.2) is 4.98 Å². The fourth-order valence-electron chi connectivity index (χ4n) is 3.61. The number of aromatic nitrogens is 1. The van der Waals surface area contributed by atoms with Crippen LogP contribution >= 0.6 is 11.3 Å². The second-order valence-corrected chi connectivity index (χ2v) is 8.73. The molecule has 0 aliphatic carbocycles. The molecule has 2 fully saturated rings. The Hall–Kier alpha value is -1.55. The number of likely N-dealkylation sites (tertiary alicyclic amines) is 1. The summed E-state index contributed by atoms with van der Waals surface area (Å²) in [6.45, 7) is 10.6. The van der Waals surface area contributed by atoms with Gasteiger partial charge in [0.25, 0.3) is 0 Å². The Balaban J connectivity index is 1.38. The predicted octanol–water partition coefficient (Wildman–Crippen LogP) is 0.859. The van der Waals surface area contributed by atoms with E-state index >= 15 is 0 Å². The summed E-state index contributed by atoms with van der Waals surface area (Å²) in [5.41, 5.74) is 0.951. The van der Waals surface area contributed by atoms with Crippen LogP contribution in [-0.2, 0) is 14.3 Å². The molecule has 1 aromatic rings. The molecule has 28 heavy (non-hydrogen) atoms. The molecule has 2 aliphatic heterocycles. The van der Waals surface area contributed by atoms with Crippen LogP contribution < -0.4 is 10.6 Å². The van der Waals surface area contributed by atoms with Crippen LogP contribution in [0.4, 0.5) is 5.13 Å². The maximum Gasteiger partial charge on any atom is 0.240 e. The molecule has 1 atom stereocenters. The molecular formula is C19H31N5O3S. The molecule has 1 aromatic heterocycles. The number of amides is 2. The van der Waals surface area contributed by atoms with E-state index in [1.165, 1.54) is 11.3 Å². The third kappa shape index (κ3) is 6.23. The van der Waals surface area contributed by atoms with Crippen molar-refractivity contribution in [3.05, 3.63) is 10.6 Å². The number of carbonyl (C=O) groups is 2. The van der Waals surface area contributed by atoms with Gasteiger partial charge in [-0.2, -0.15) is 0 Å². The van der Waals surface area contributed by atoms with Crippen LogP contribution in [0.5, 0.6) is 0 Å². The van der Waals surface area contributed by atoms with E-state index < -0.39 is 0 Å². The first kappa shape index (κ1) is 21.2. The highest BCUT2D eigenvalue weighted by Crippen LogP contribution is 2.21. The summed E-state index contributed by atoms with van der Waals surface area (Å²) in [5.74, 6) is -0.0118. The fourth-order valence-corrected chi connectivity index (χ4v) is 4.44. The molecule has 2 amide bonds. The third-order valence-electron chi connectivity index (χ3n) is 5.35. The molecule has 156 valence electrons. The van der Waals surface area contributed by atoms with Gasteiger partial charge in [0.2, 0.25) is 11.8 Å². The maximum atomic E-state index is 12.5. The number of nitrogens with one attached hydrogen (secondary N) is 2. The summed E-state index contributed by atoms with van der Waals surface area (Å²) < 4.78 is 5.34. The SMILES string of the molecule is Cc1nc(NC(=O)CN2CCCC(C(=O)NCCN3CCOCC3)C2)sc1C. The Morgan fingerprint density at radius 3 is 2.71 bits per heavy atom. The van der Waals surface area contributed by atoms with E-state index in [0.717, 1.165) is 62.8 Å². The molecule has 3 rings (SSSR count). The molecule has 1 unspecified atom stereocenters. The van der Waals surface area contributed by atoms with Crippen molar-refractivity contribution >= 4 is 28.3 Å². The van der Waals surface area contributed by atoms with Crippen molar-refractivity contribution in [3.8, 4) is 0 Å². The molecule has 0 spiro atoms. The number of carbonyl (C=O) groups excluding carboxylic acids is 2. The quantitative estimate of drug-likeness (QED) is 0.695. The number of aryl methyl sites for hydroxylation is 2. The van der Waals surface area contributed by atoms with E-state index in [2.05, 4.69) is 25.4 Å². The minimum atomic E-state index is -0.0675. The second-order valence-electron chi connectivity index (χ2n) is 7.53. The highest BCUT2D eigenvalue weighted by atomic mass is 32.1. The molecule has 0 saturated carbocycles. The molecule has 0 radical (unpaired) electrons. The molecule has 9 heteroatoms. The minimum Gasteiger partial charge on any atom is -0.379 e. The summed E-state index contributed by atoms with van der Waals surface area (Å²) in [6.07, 6.45) is 1.82. The molecule has 2 N–H and O–H groups in total. The van der Waals surface area contributed by atoms with E-state index in [1.54, 1.807) is 0 Å². The Kier molecular flexibility index (Phi) is 7.78. The number of nitrogens with zero attached hydrogens (tertiary/aromatic N) is 3. The summed E-state index contributed by atoms with van der Waals surface area (Å²) in [5, 5.41) is 6.59. The molecular weight excluding hydrogens is 378 g/mol. The molecule has 2 aliphatic rings. The Morgan fingerprint density at radius 2 is 2.00 bits per heavy atom. The number of ether oxygens (including phenoxy) is 1. The van der Waals surface area contributed by atoms with Crippen LogP contribution in [0.15, 0.2) is 0 Å². The van der Waals surface area contributed by atoms with Gasteiger partial charge in [0.15, 0.2) is 5.13 Å². The normalized spacial score (nSPS) is 21.4. The smallest absolute Gasteiger partial charge is 0.240 e. The van der Waals surface area contributed by atoms with Gasteiger partial charge in [0.05, 0.1) is 31.4 Å². The van der Waals surface area contributed by atoms with Gasteiger partial charge in [-0.05, 0) is 33.2 Å². The topological polar surface area (TPSA) is 86.8 Å². The van der Waals surface area contributed by atoms with Gasteiger partial charge in [0, 0.05) is 37.6 Å². The van der Waals surface area contributed by atoms with Crippen molar-refractivity contribution in [1.29, 1.82) is 0 Å². The molecule has 0 bridgehead atoms. The van der Waals surface area contributed by atoms with Crippen molar-refractivity contribution < 1.29 is 14.3 Å². The van der Waals surface area contributed by atoms with E-state index in [1.807, 2.05) is 13.8 Å². The lowest BCUT2D eigenvalue weighted by atomic mass is 9.97. The summed E-state index contributed by atoms with van der Waals surface area (Å²) in [7, 11) is 0. The molecule has 3 heterocycles. The predicted molar refractivity (Wildman–Crippen MR) is 110 cm³/mol. The van der Waals surface area contributed by atoms with Gasteiger partial charge in [-0.15, -0.1) is 11.3 Å². The lowest BCUT2D eigenvalue weighted by Gasteiger charge is -2.31. The van der Waals surface area contributed by atoms with Crippen LogP contribution in [0.2, 0.25) is 0 Å². The second kappa shape index (κ2) is 10.3. The number of morpholine rings is 1. The van der Waals surface area contributed by atoms with Crippen LogP contribution in [0.3, 0.4) is 0 Å². The van der Waals surface area contributed by atoms with E-state index in [0.29, 0.717) is 24.8 Å². The summed E-state index contributed by atoms with van der Waals surface area (Å²) in [4.78, 5) is 34.7. The first-order valence-electron chi connectivity index (χ1n) is 10.1. The van der Waals surface area contributed by atoms with Gasteiger partial charge >= 0.3 is 0 Å². The zero-order valence-corrected chi connectivity index (χ0v) is 17.6. The number of anilines is 1. The average molecular weight is 410 g/mol. The van der Waals surface area contributed by atoms with Gasteiger partial charge < -0.3 is 15.4 Å². The lowest BCUT2D eigenvalue weighted by Crippen LogP contribution is -2.47. The Labute approximate surface area is 170 Å². The van der Waals surface area contributed by atoms with Crippen molar-refractivity contribution in [2.75, 3.05) is 64.3 Å². The molecule has 2 saturated heterocycles. The monoisotopic (exact) mass is 409 g/mol. The maximum absolute atomic E-state index is 12.5. The Morgan fingerprint density at radius 1 is 1.21 bits per heavy atom. The molecule has 0 aromatic carbocycles. The largest absolute Gasteiger partial charge is 0.379 e. The number of hydrogen-bond acceptors (Lipinski definition) is 7. The van der Waals surface area contributed by atoms with E-state index in [4.69, 9.17) is 4.74 Å². The van der Waals surface area contributed by atoms with Crippen LogP contribution in [-0.4, -0.2) is 85.6 Å². The standard InChI is InChI=1S/C19H31N5O3S/c1-14-15(2)28-19(21-14)22-17(25)13-24-6-3-4-16(12-24)18(26)20-5-7-23-8-10-27-11-9-23/h16H,3-13H2,1-2H3,(H,20,26)(H,21,22,25). The summed E-state index contributed by atoms with van der Waals surface area (Å²) >= 11 is 1.49. The minimum absolute atomic E-state index is 0.0457. The number of hydrogen-bond donors (Lipinski definition) is 2. The van der Waals surface area contributed by atoms with Crippen molar-refractivity contribution in [2.24, 2.45) is 5.92 Å². The highest BCUT2D eigenvalue weighted by molar-refractivity contribution is 7.15.